The highest BCUT2D eigenvalue weighted by atomic mass is 19.1. The highest BCUT2D eigenvalue weighted by Crippen LogP contribution is 2.43. The van der Waals surface area contributed by atoms with Gasteiger partial charge in [-0.2, -0.15) is 0 Å². The fraction of sp³-hybridized carbons (Fsp3) is 0.324. The molecule has 2 N–H and O–H groups in total. The number of imidazole rings is 1. The largest absolute Gasteiger partial charge is 0.381 e. The number of carbonyl (C=O) groups is 2. The number of carbonyl (C=O) groups excluding carboxylic acids is 2. The van der Waals surface area contributed by atoms with Crippen molar-refractivity contribution in [3.63, 3.8) is 0 Å². The third-order valence-corrected chi connectivity index (χ3v) is 9.73. The second-order valence-electron chi connectivity index (χ2n) is 13.1. The number of fused-ring (bicyclic) bond motifs is 4. The molecule has 7 rings (SSSR count). The van der Waals surface area contributed by atoms with E-state index in [2.05, 4.69) is 35.4 Å². The first-order chi connectivity index (χ1) is 23.0. The molecule has 3 aromatic heterocycles. The van der Waals surface area contributed by atoms with Crippen LogP contribution >= 0.6 is 0 Å². The summed E-state index contributed by atoms with van der Waals surface area (Å²) >= 11 is 0. The number of hydrogen-bond donors (Lipinski definition) is 2. The van der Waals surface area contributed by atoms with E-state index in [1.807, 2.05) is 47.6 Å². The van der Waals surface area contributed by atoms with E-state index in [0.29, 0.717) is 38.4 Å². The van der Waals surface area contributed by atoms with Crippen LogP contribution in [0.3, 0.4) is 0 Å². The zero-order chi connectivity index (χ0) is 33.7. The number of aryl methyl sites for hydroxylation is 2. The van der Waals surface area contributed by atoms with Gasteiger partial charge in [0.05, 0.1) is 28.7 Å². The number of benzene rings is 2. The molecule has 2 aliphatic heterocycles. The van der Waals surface area contributed by atoms with Gasteiger partial charge in [0.2, 0.25) is 11.7 Å². The van der Waals surface area contributed by atoms with Crippen molar-refractivity contribution in [2.75, 3.05) is 43.6 Å². The molecule has 48 heavy (non-hydrogen) atoms. The van der Waals surface area contributed by atoms with Gasteiger partial charge in [0, 0.05) is 74.9 Å². The molecule has 1 fully saturated rings. The van der Waals surface area contributed by atoms with Crippen LogP contribution in [0.1, 0.15) is 46.9 Å². The molecule has 1 saturated heterocycles. The Kier molecular flexibility index (Phi) is 8.13. The van der Waals surface area contributed by atoms with E-state index in [9.17, 15) is 9.59 Å². The standard InChI is InChI=1S/C37H38F2N6O3/c1-22-17-28-33(40-21-44(28)4)35-31(22)25-7-6-13-45-29(20-23(34(25)45)9-14-43(35)3)36(47)24-18-26(38)32(27(39)19-24)42-30(46)8-5-12-41-37(2)10-15-48-16-11-37/h5-8,13,17-21,41H,9-12,14-16H2,1-4H3,(H,42,46)/b8-5+. The Morgan fingerprint density at radius 2 is 1.85 bits per heavy atom. The third kappa shape index (κ3) is 5.56. The topological polar surface area (TPSA) is 92.9 Å². The molecule has 2 aromatic carbocycles. The van der Waals surface area contributed by atoms with Crippen molar-refractivity contribution < 1.29 is 23.1 Å². The van der Waals surface area contributed by atoms with Gasteiger partial charge >= 0.3 is 0 Å². The van der Waals surface area contributed by atoms with Gasteiger partial charge < -0.3 is 29.2 Å². The Hall–Kier alpha value is -4.87. The minimum atomic E-state index is -1.03. The number of ketones is 1. The molecule has 0 radical (unpaired) electrons. The molecular weight excluding hydrogens is 614 g/mol. The van der Waals surface area contributed by atoms with Gasteiger partial charge in [-0.3, -0.25) is 9.59 Å². The van der Waals surface area contributed by atoms with E-state index >= 15 is 8.78 Å². The number of ether oxygens (including phenoxy) is 1. The molecule has 0 spiro atoms. The van der Waals surface area contributed by atoms with Gasteiger partial charge in [0.15, 0.2) is 0 Å². The van der Waals surface area contributed by atoms with Crippen LogP contribution in [0.15, 0.2) is 61.1 Å². The number of pyridine rings is 1. The van der Waals surface area contributed by atoms with Crippen LogP contribution in [0, 0.1) is 18.6 Å². The number of hydrogen-bond acceptors (Lipinski definition) is 6. The van der Waals surface area contributed by atoms with Crippen LogP contribution in [-0.2, 0) is 23.0 Å². The van der Waals surface area contributed by atoms with Gasteiger partial charge in [0.25, 0.3) is 0 Å². The van der Waals surface area contributed by atoms with Crippen molar-refractivity contribution in [2.24, 2.45) is 7.05 Å². The number of rotatable bonds is 7. The summed E-state index contributed by atoms with van der Waals surface area (Å²) < 4.78 is 39.8. The average molecular weight is 653 g/mol. The van der Waals surface area contributed by atoms with Gasteiger partial charge in [-0.1, -0.05) is 12.1 Å². The molecule has 0 bridgehead atoms. The number of nitrogens with one attached hydrogen (secondary N) is 2. The third-order valence-electron chi connectivity index (χ3n) is 9.73. The lowest BCUT2D eigenvalue weighted by Gasteiger charge is -2.34. The number of nitrogens with zero attached hydrogens (tertiary/aromatic N) is 4. The van der Waals surface area contributed by atoms with Gasteiger partial charge in [0.1, 0.15) is 22.8 Å². The van der Waals surface area contributed by atoms with Crippen molar-refractivity contribution in [1.82, 2.24) is 19.3 Å². The highest BCUT2D eigenvalue weighted by Gasteiger charge is 2.28. The Labute approximate surface area is 277 Å². The van der Waals surface area contributed by atoms with E-state index in [0.717, 1.165) is 69.5 Å². The molecular formula is C37H38F2N6O3. The van der Waals surface area contributed by atoms with Crippen molar-refractivity contribution in [1.29, 1.82) is 0 Å². The number of likely N-dealkylation sites (N-methyl/N-ethyl adjacent to an activating group) is 1. The number of anilines is 2. The van der Waals surface area contributed by atoms with Crippen LogP contribution in [0.25, 0.3) is 27.7 Å². The lowest BCUT2D eigenvalue weighted by Crippen LogP contribution is -2.46. The summed E-state index contributed by atoms with van der Waals surface area (Å²) in [5, 5.41) is 5.67. The maximum absolute atomic E-state index is 15.3. The lowest BCUT2D eigenvalue weighted by atomic mass is 9.92. The van der Waals surface area contributed by atoms with Gasteiger partial charge in [-0.05, 0) is 74.6 Å². The summed E-state index contributed by atoms with van der Waals surface area (Å²) in [7, 11) is 4.02. The average Bonchev–Trinajstić information content (AvgIpc) is 3.62. The Bertz CT molecular complexity index is 2100. The zero-order valence-electron chi connectivity index (χ0n) is 27.5. The summed E-state index contributed by atoms with van der Waals surface area (Å²) in [5.41, 5.74) is 7.34. The normalized spacial score (nSPS) is 15.9. The monoisotopic (exact) mass is 652 g/mol. The number of aromatic nitrogens is 3. The molecule has 9 nitrogen and oxygen atoms in total. The van der Waals surface area contributed by atoms with E-state index in [1.54, 1.807) is 12.3 Å². The van der Waals surface area contributed by atoms with Gasteiger partial charge in [-0.15, -0.1) is 0 Å². The summed E-state index contributed by atoms with van der Waals surface area (Å²) in [5.74, 6) is -3.26. The summed E-state index contributed by atoms with van der Waals surface area (Å²) in [4.78, 5) is 33.4. The molecule has 2 aliphatic rings. The first-order valence-electron chi connectivity index (χ1n) is 16.2. The predicted molar refractivity (Wildman–Crippen MR) is 183 cm³/mol. The molecule has 5 aromatic rings. The zero-order valence-corrected chi connectivity index (χ0v) is 27.5. The molecule has 0 atom stereocenters. The maximum atomic E-state index is 15.3. The first-order valence-corrected chi connectivity index (χ1v) is 16.2. The smallest absolute Gasteiger partial charge is 0.248 e. The van der Waals surface area contributed by atoms with E-state index < -0.39 is 29.0 Å². The Morgan fingerprint density at radius 1 is 1.10 bits per heavy atom. The van der Waals surface area contributed by atoms with Crippen molar-refractivity contribution in [3.8, 4) is 11.1 Å². The van der Waals surface area contributed by atoms with Crippen molar-refractivity contribution in [2.45, 2.75) is 38.6 Å². The van der Waals surface area contributed by atoms with E-state index in [4.69, 9.17) is 9.72 Å². The molecule has 5 heterocycles. The van der Waals surface area contributed by atoms with Crippen LogP contribution in [0.2, 0.25) is 0 Å². The number of halogens is 2. The van der Waals surface area contributed by atoms with Crippen molar-refractivity contribution in [3.05, 3.63) is 95.1 Å². The summed E-state index contributed by atoms with van der Waals surface area (Å²) in [6, 6.07) is 9.82. The number of amides is 1. The van der Waals surface area contributed by atoms with E-state index in [1.165, 1.54) is 6.08 Å². The summed E-state index contributed by atoms with van der Waals surface area (Å²) in [6.07, 6.45) is 8.84. The van der Waals surface area contributed by atoms with Crippen LogP contribution < -0.4 is 15.5 Å². The second-order valence-corrected chi connectivity index (χ2v) is 13.1. The predicted octanol–water partition coefficient (Wildman–Crippen LogP) is 5.96. The van der Waals surface area contributed by atoms with Crippen LogP contribution in [0.5, 0.6) is 0 Å². The highest BCUT2D eigenvalue weighted by molar-refractivity contribution is 6.11. The first kappa shape index (κ1) is 31.7. The van der Waals surface area contributed by atoms with Gasteiger partial charge in [-0.25, -0.2) is 13.8 Å². The maximum Gasteiger partial charge on any atom is 0.248 e. The second kappa shape index (κ2) is 12.3. The molecule has 0 saturated carbocycles. The lowest BCUT2D eigenvalue weighted by molar-refractivity contribution is -0.112. The van der Waals surface area contributed by atoms with Crippen molar-refractivity contribution >= 4 is 39.6 Å². The molecule has 11 heteroatoms. The van der Waals surface area contributed by atoms with Crippen LogP contribution in [-0.4, -0.2) is 64.5 Å². The van der Waals surface area contributed by atoms with E-state index in [-0.39, 0.29) is 11.1 Å². The minimum Gasteiger partial charge on any atom is -0.381 e. The fourth-order valence-corrected chi connectivity index (χ4v) is 7.00. The molecule has 1 amide bonds. The molecule has 0 aliphatic carbocycles. The SMILES string of the molecule is Cc1cc2c(ncn2C)c2c1-c1cccn3c(C(=O)c4cc(F)c(NC(=O)/C=C/CNC5(C)CCOCC5)c(F)c4)cc(c13)CCN2C. The quantitative estimate of drug-likeness (QED) is 0.167. The Morgan fingerprint density at radius 3 is 2.60 bits per heavy atom. The minimum absolute atomic E-state index is 0.0877. The Balaban J connectivity index is 1.17. The summed E-state index contributed by atoms with van der Waals surface area (Å²) in [6.45, 7) is 6.63. The molecule has 248 valence electrons. The van der Waals surface area contributed by atoms with Crippen LogP contribution in [0.4, 0.5) is 20.2 Å². The fourth-order valence-electron chi connectivity index (χ4n) is 7.00. The molecule has 0 unspecified atom stereocenters.